The van der Waals surface area contributed by atoms with Gasteiger partial charge in [-0.1, -0.05) is 73.2 Å². The maximum Gasteiger partial charge on any atom is 0.350 e. The molecule has 1 N–H and O–H groups in total. The lowest BCUT2D eigenvalue weighted by atomic mass is 9.98. The molecule has 0 unspecified atom stereocenters. The van der Waals surface area contributed by atoms with Gasteiger partial charge in [0.1, 0.15) is 4.88 Å². The van der Waals surface area contributed by atoms with E-state index in [9.17, 15) is 4.79 Å². The quantitative estimate of drug-likeness (QED) is 0.332. The number of carbonyl (C=O) groups is 1. The van der Waals surface area contributed by atoms with Gasteiger partial charge in [0, 0.05) is 18.7 Å². The van der Waals surface area contributed by atoms with Gasteiger partial charge in [-0.05, 0) is 40.5 Å². The van der Waals surface area contributed by atoms with Crippen molar-refractivity contribution in [2.24, 2.45) is 0 Å². The molecule has 33 heavy (non-hydrogen) atoms. The lowest BCUT2D eigenvalue weighted by Crippen LogP contribution is -2.23. The van der Waals surface area contributed by atoms with Crippen LogP contribution in [0.5, 0.6) is 0 Å². The van der Waals surface area contributed by atoms with E-state index in [1.165, 1.54) is 16.9 Å². The Kier molecular flexibility index (Phi) is 7.41. The number of thiazole rings is 1. The summed E-state index contributed by atoms with van der Waals surface area (Å²) in [6.45, 7) is 5.91. The van der Waals surface area contributed by atoms with E-state index in [1.54, 1.807) is 13.1 Å². The van der Waals surface area contributed by atoms with Gasteiger partial charge in [-0.15, -0.1) is 5.10 Å². The van der Waals surface area contributed by atoms with Crippen molar-refractivity contribution in [3.63, 3.8) is 0 Å². The highest BCUT2D eigenvalue weighted by Crippen LogP contribution is 2.30. The van der Waals surface area contributed by atoms with Gasteiger partial charge in [0.15, 0.2) is 11.0 Å². The van der Waals surface area contributed by atoms with E-state index in [2.05, 4.69) is 67.8 Å². The summed E-state index contributed by atoms with van der Waals surface area (Å²) in [6.07, 6.45) is 3.74. The number of hydrogen-bond acceptors (Lipinski definition) is 8. The Morgan fingerprint density at radius 1 is 1.09 bits per heavy atom. The van der Waals surface area contributed by atoms with E-state index in [1.807, 2.05) is 18.2 Å². The number of nitrogens with one attached hydrogen (secondary N) is 1. The second-order valence-electron chi connectivity index (χ2n) is 7.50. The maximum atomic E-state index is 12.1. The second kappa shape index (κ2) is 10.8. The van der Waals surface area contributed by atoms with Gasteiger partial charge in [-0.3, -0.25) is 0 Å². The van der Waals surface area contributed by atoms with E-state index in [4.69, 9.17) is 4.74 Å². The first-order valence-corrected chi connectivity index (χ1v) is 11.8. The number of hydrogen-bond donors (Lipinski definition) is 1. The molecule has 170 valence electrons. The zero-order valence-corrected chi connectivity index (χ0v) is 19.5. The normalized spacial score (nSPS) is 10.8. The predicted octanol–water partition coefficient (Wildman–Crippen LogP) is 4.97. The van der Waals surface area contributed by atoms with E-state index in [-0.39, 0.29) is 5.97 Å². The summed E-state index contributed by atoms with van der Waals surface area (Å²) in [6, 6.07) is 16.5. The van der Waals surface area contributed by atoms with Crippen LogP contribution in [0.2, 0.25) is 0 Å². The molecular formula is C24H26N6O2S. The number of carbonyl (C=O) groups excluding carboxylic acids is 1. The van der Waals surface area contributed by atoms with Crippen LogP contribution in [-0.2, 0) is 11.3 Å². The highest BCUT2D eigenvalue weighted by molar-refractivity contribution is 7.17. The molecule has 4 rings (SSSR count). The Hall–Kier alpha value is -3.59. The van der Waals surface area contributed by atoms with Gasteiger partial charge in [0.05, 0.1) is 12.8 Å². The Morgan fingerprint density at radius 3 is 2.58 bits per heavy atom. The third-order valence-electron chi connectivity index (χ3n) is 5.19. The molecule has 0 saturated heterocycles. The van der Waals surface area contributed by atoms with Crippen molar-refractivity contribution in [1.29, 1.82) is 0 Å². The van der Waals surface area contributed by atoms with Crippen molar-refractivity contribution in [3.05, 3.63) is 65.2 Å². The molecule has 0 aliphatic heterocycles. The number of unbranched alkanes of at least 4 members (excludes halogenated alkanes) is 1. The molecule has 0 amide bonds. The number of ether oxygens (including phenoxy) is 1. The largest absolute Gasteiger partial charge is 0.462 e. The molecule has 0 fully saturated rings. The number of benzene rings is 2. The fourth-order valence-corrected chi connectivity index (χ4v) is 4.36. The average molecular weight is 463 g/mol. The van der Waals surface area contributed by atoms with Crippen LogP contribution in [0.3, 0.4) is 0 Å². The Morgan fingerprint density at radius 2 is 1.88 bits per heavy atom. The highest BCUT2D eigenvalue weighted by atomic mass is 32.1. The zero-order chi connectivity index (χ0) is 23.0. The molecule has 0 radical (unpaired) electrons. The lowest BCUT2D eigenvalue weighted by Gasteiger charge is -2.22. The number of anilines is 1. The van der Waals surface area contributed by atoms with Gasteiger partial charge < -0.3 is 9.64 Å². The van der Waals surface area contributed by atoms with E-state index >= 15 is 0 Å². The van der Waals surface area contributed by atoms with Crippen LogP contribution >= 0.6 is 11.3 Å². The first-order chi connectivity index (χ1) is 16.2. The summed E-state index contributed by atoms with van der Waals surface area (Å²) >= 11 is 1.38. The standard InChI is InChI=1S/C24H26N6O2S/c1-3-5-14-30(24-25-15-21(33-24)23(31)32-4-2)16-17-10-12-18(13-11-17)19-8-6-7-9-20(19)22-26-28-29-27-22/h6-13,15H,3-5,14,16H2,1-2H3,(H,26,27,28,29). The molecule has 0 atom stereocenters. The second-order valence-corrected chi connectivity index (χ2v) is 8.50. The van der Waals surface area contributed by atoms with Crippen molar-refractivity contribution < 1.29 is 9.53 Å². The van der Waals surface area contributed by atoms with E-state index in [0.29, 0.717) is 23.9 Å². The van der Waals surface area contributed by atoms with Gasteiger partial charge in [0.2, 0.25) is 0 Å². The van der Waals surface area contributed by atoms with Crippen molar-refractivity contribution in [2.45, 2.75) is 33.2 Å². The van der Waals surface area contributed by atoms with Crippen LogP contribution in [-0.4, -0.2) is 44.7 Å². The molecule has 9 heteroatoms. The Labute approximate surface area is 196 Å². The molecule has 0 aliphatic carbocycles. The number of rotatable bonds is 10. The Balaban J connectivity index is 1.54. The van der Waals surface area contributed by atoms with Gasteiger partial charge in [0.25, 0.3) is 0 Å². The minimum atomic E-state index is -0.318. The molecule has 8 nitrogen and oxygen atoms in total. The minimum Gasteiger partial charge on any atom is -0.462 e. The smallest absolute Gasteiger partial charge is 0.350 e. The summed E-state index contributed by atoms with van der Waals surface area (Å²) in [5, 5.41) is 15.1. The zero-order valence-electron chi connectivity index (χ0n) is 18.7. The summed E-state index contributed by atoms with van der Waals surface area (Å²) < 4.78 is 5.11. The highest BCUT2D eigenvalue weighted by Gasteiger charge is 2.17. The third kappa shape index (κ3) is 5.43. The van der Waals surface area contributed by atoms with Crippen molar-refractivity contribution in [2.75, 3.05) is 18.1 Å². The SMILES string of the molecule is CCCCN(Cc1ccc(-c2ccccc2-c2nnn[nH]2)cc1)c1ncc(C(=O)OCC)s1. The number of aromatic nitrogens is 5. The topological polar surface area (TPSA) is 96.9 Å². The number of esters is 1. The summed E-state index contributed by atoms with van der Waals surface area (Å²) in [5.74, 6) is 0.322. The van der Waals surface area contributed by atoms with Crippen molar-refractivity contribution >= 4 is 22.4 Å². The minimum absolute atomic E-state index is 0.318. The summed E-state index contributed by atoms with van der Waals surface area (Å²) in [7, 11) is 0. The summed E-state index contributed by atoms with van der Waals surface area (Å²) in [4.78, 5) is 19.3. The first-order valence-electron chi connectivity index (χ1n) is 11.0. The van der Waals surface area contributed by atoms with Crippen LogP contribution in [0, 0.1) is 0 Å². The van der Waals surface area contributed by atoms with Crippen LogP contribution in [0.4, 0.5) is 5.13 Å². The fourth-order valence-electron chi connectivity index (χ4n) is 3.52. The van der Waals surface area contributed by atoms with Gasteiger partial charge in [-0.2, -0.15) is 0 Å². The lowest BCUT2D eigenvalue weighted by molar-refractivity contribution is 0.0532. The predicted molar refractivity (Wildman–Crippen MR) is 129 cm³/mol. The fraction of sp³-hybridized carbons (Fsp3) is 0.292. The van der Waals surface area contributed by atoms with Crippen molar-refractivity contribution in [1.82, 2.24) is 25.6 Å². The summed E-state index contributed by atoms with van der Waals surface area (Å²) in [5.41, 5.74) is 4.27. The molecule has 2 aromatic carbocycles. The van der Waals surface area contributed by atoms with Crippen LogP contribution in [0.15, 0.2) is 54.7 Å². The molecule has 0 saturated carbocycles. The molecular weight excluding hydrogens is 436 g/mol. The third-order valence-corrected chi connectivity index (χ3v) is 6.23. The molecule has 2 heterocycles. The van der Waals surface area contributed by atoms with E-state index in [0.717, 1.165) is 41.2 Å². The van der Waals surface area contributed by atoms with E-state index < -0.39 is 0 Å². The molecule has 4 aromatic rings. The average Bonchev–Trinajstić information content (AvgIpc) is 3.55. The molecule has 0 aliphatic rings. The molecule has 2 aromatic heterocycles. The van der Waals surface area contributed by atoms with Gasteiger partial charge in [-0.25, -0.2) is 14.9 Å². The monoisotopic (exact) mass is 462 g/mol. The first kappa shape index (κ1) is 22.6. The van der Waals surface area contributed by atoms with Gasteiger partial charge >= 0.3 is 5.97 Å². The molecule has 0 spiro atoms. The number of tetrazole rings is 1. The van der Waals surface area contributed by atoms with Crippen LogP contribution in [0.1, 0.15) is 41.9 Å². The van der Waals surface area contributed by atoms with Crippen molar-refractivity contribution in [3.8, 4) is 22.5 Å². The number of H-pyrrole nitrogens is 1. The van der Waals surface area contributed by atoms with Crippen LogP contribution < -0.4 is 4.90 Å². The number of nitrogens with zero attached hydrogens (tertiary/aromatic N) is 5. The molecule has 0 bridgehead atoms. The van der Waals surface area contributed by atoms with Crippen LogP contribution in [0.25, 0.3) is 22.5 Å². The number of aromatic amines is 1. The Bertz CT molecular complexity index is 1170. The maximum absolute atomic E-state index is 12.1.